The summed E-state index contributed by atoms with van der Waals surface area (Å²) in [6.45, 7) is 4.40. The van der Waals surface area contributed by atoms with E-state index >= 15 is 0 Å². The molecule has 0 fully saturated rings. The van der Waals surface area contributed by atoms with Crippen LogP contribution in [-0.2, 0) is 16.0 Å². The molecule has 1 aromatic heterocycles. The summed E-state index contributed by atoms with van der Waals surface area (Å²) in [5.41, 5.74) is 0.976. The molecule has 0 atom stereocenters. The maximum absolute atomic E-state index is 11.1. The predicted molar refractivity (Wildman–Crippen MR) is 61.1 cm³/mol. The van der Waals surface area contributed by atoms with Gasteiger partial charge in [0.2, 0.25) is 0 Å². The van der Waals surface area contributed by atoms with Gasteiger partial charge < -0.3 is 10.1 Å². The molecule has 5 heteroatoms. The van der Waals surface area contributed by atoms with Gasteiger partial charge >= 0.3 is 5.97 Å². The van der Waals surface area contributed by atoms with Crippen LogP contribution < -0.4 is 5.32 Å². The molecule has 0 spiro atoms. The molecule has 0 saturated carbocycles. The van der Waals surface area contributed by atoms with Crippen molar-refractivity contribution in [3.63, 3.8) is 0 Å². The minimum atomic E-state index is -0.279. The van der Waals surface area contributed by atoms with Crippen LogP contribution in [0.15, 0.2) is 12.4 Å². The monoisotopic (exact) mass is 223 g/mol. The highest BCUT2D eigenvalue weighted by molar-refractivity contribution is 5.74. The van der Waals surface area contributed by atoms with E-state index in [2.05, 4.69) is 22.2 Å². The molecule has 0 aromatic carbocycles. The van der Waals surface area contributed by atoms with Gasteiger partial charge in [-0.15, -0.1) is 0 Å². The second kappa shape index (κ2) is 6.76. The molecule has 0 bridgehead atoms. The molecule has 0 radical (unpaired) electrons. The molecular formula is C11H17N3O2. The number of hydrogen-bond donors (Lipinski definition) is 1. The summed E-state index contributed by atoms with van der Waals surface area (Å²) in [5, 5.41) is 2.90. The average Bonchev–Trinajstić information content (AvgIpc) is 2.28. The number of aromatic nitrogens is 2. The van der Waals surface area contributed by atoms with E-state index in [1.54, 1.807) is 6.92 Å². The average molecular weight is 223 g/mol. The first-order chi connectivity index (χ1) is 7.76. The highest BCUT2D eigenvalue weighted by Crippen LogP contribution is 2.05. The summed E-state index contributed by atoms with van der Waals surface area (Å²) < 4.78 is 4.80. The lowest BCUT2D eigenvalue weighted by Crippen LogP contribution is -2.17. The fourth-order valence-corrected chi connectivity index (χ4v) is 1.26. The van der Waals surface area contributed by atoms with Crippen LogP contribution in [0.25, 0.3) is 0 Å². The SMILES string of the molecule is CCCc1cc(NCC(=O)OCC)ncn1. The number of carbonyl (C=O) groups is 1. The molecule has 1 aromatic rings. The summed E-state index contributed by atoms with van der Waals surface area (Å²) in [6.07, 6.45) is 3.45. The minimum Gasteiger partial charge on any atom is -0.465 e. The summed E-state index contributed by atoms with van der Waals surface area (Å²) in [6, 6.07) is 1.85. The maximum atomic E-state index is 11.1. The van der Waals surface area contributed by atoms with Gasteiger partial charge in [-0.05, 0) is 13.3 Å². The van der Waals surface area contributed by atoms with Crippen LogP contribution >= 0.6 is 0 Å². The Morgan fingerprint density at radius 2 is 2.25 bits per heavy atom. The number of nitrogens with zero attached hydrogens (tertiary/aromatic N) is 2. The maximum Gasteiger partial charge on any atom is 0.325 e. The molecule has 1 rings (SSSR count). The molecule has 0 aliphatic rings. The van der Waals surface area contributed by atoms with Crippen LogP contribution in [0.3, 0.4) is 0 Å². The molecule has 0 aliphatic heterocycles. The van der Waals surface area contributed by atoms with E-state index in [4.69, 9.17) is 4.74 Å². The third-order valence-corrected chi connectivity index (χ3v) is 1.95. The van der Waals surface area contributed by atoms with Crippen molar-refractivity contribution in [3.8, 4) is 0 Å². The molecular weight excluding hydrogens is 206 g/mol. The van der Waals surface area contributed by atoms with Crippen molar-refractivity contribution in [1.82, 2.24) is 9.97 Å². The molecule has 1 N–H and O–H groups in total. The highest BCUT2D eigenvalue weighted by atomic mass is 16.5. The van der Waals surface area contributed by atoms with E-state index in [0.29, 0.717) is 12.4 Å². The first-order valence-electron chi connectivity index (χ1n) is 5.46. The lowest BCUT2D eigenvalue weighted by molar-refractivity contribution is -0.140. The van der Waals surface area contributed by atoms with Gasteiger partial charge in [0, 0.05) is 11.8 Å². The van der Waals surface area contributed by atoms with E-state index < -0.39 is 0 Å². The molecule has 0 saturated heterocycles. The Kier molecular flexibility index (Phi) is 5.25. The topological polar surface area (TPSA) is 64.1 Å². The zero-order valence-electron chi connectivity index (χ0n) is 9.69. The number of nitrogens with one attached hydrogen (secondary N) is 1. The largest absolute Gasteiger partial charge is 0.465 e. The fourth-order valence-electron chi connectivity index (χ4n) is 1.26. The first-order valence-corrected chi connectivity index (χ1v) is 5.46. The molecule has 1 heterocycles. The second-order valence-electron chi connectivity index (χ2n) is 3.30. The first kappa shape index (κ1) is 12.4. The number of ether oxygens (including phenoxy) is 1. The number of esters is 1. The van der Waals surface area contributed by atoms with Crippen molar-refractivity contribution >= 4 is 11.8 Å². The number of carbonyl (C=O) groups excluding carboxylic acids is 1. The number of anilines is 1. The predicted octanol–water partition coefficient (Wildman–Crippen LogP) is 1.40. The van der Waals surface area contributed by atoms with Crippen molar-refractivity contribution in [2.24, 2.45) is 0 Å². The fraction of sp³-hybridized carbons (Fsp3) is 0.545. The molecule has 0 aliphatic carbocycles. The third kappa shape index (κ3) is 4.25. The highest BCUT2D eigenvalue weighted by Gasteiger charge is 2.02. The molecule has 0 amide bonds. The van der Waals surface area contributed by atoms with Crippen LogP contribution in [0, 0.1) is 0 Å². The van der Waals surface area contributed by atoms with E-state index in [1.807, 2.05) is 6.07 Å². The summed E-state index contributed by atoms with van der Waals surface area (Å²) in [7, 11) is 0. The van der Waals surface area contributed by atoms with Gasteiger partial charge in [-0.1, -0.05) is 13.3 Å². The smallest absolute Gasteiger partial charge is 0.325 e. The van der Waals surface area contributed by atoms with Crippen molar-refractivity contribution in [2.75, 3.05) is 18.5 Å². The Hall–Kier alpha value is -1.65. The van der Waals surface area contributed by atoms with Crippen LogP contribution in [-0.4, -0.2) is 29.1 Å². The van der Waals surface area contributed by atoms with Crippen LogP contribution in [0.2, 0.25) is 0 Å². The van der Waals surface area contributed by atoms with Gasteiger partial charge in [-0.2, -0.15) is 0 Å². The van der Waals surface area contributed by atoms with Gasteiger partial charge in [-0.3, -0.25) is 4.79 Å². The number of aryl methyl sites for hydroxylation is 1. The summed E-state index contributed by atoms with van der Waals surface area (Å²) >= 11 is 0. The van der Waals surface area contributed by atoms with E-state index in [0.717, 1.165) is 18.5 Å². The van der Waals surface area contributed by atoms with Gasteiger partial charge in [0.1, 0.15) is 18.7 Å². The van der Waals surface area contributed by atoms with Crippen molar-refractivity contribution in [2.45, 2.75) is 26.7 Å². The zero-order valence-corrected chi connectivity index (χ0v) is 9.69. The molecule has 16 heavy (non-hydrogen) atoms. The van der Waals surface area contributed by atoms with Crippen LogP contribution in [0.5, 0.6) is 0 Å². The van der Waals surface area contributed by atoms with Crippen molar-refractivity contribution < 1.29 is 9.53 Å². The second-order valence-corrected chi connectivity index (χ2v) is 3.30. The van der Waals surface area contributed by atoms with Crippen LogP contribution in [0.1, 0.15) is 26.0 Å². The Morgan fingerprint density at radius 3 is 2.94 bits per heavy atom. The third-order valence-electron chi connectivity index (χ3n) is 1.95. The van der Waals surface area contributed by atoms with Gasteiger partial charge in [0.25, 0.3) is 0 Å². The minimum absolute atomic E-state index is 0.135. The normalized spacial score (nSPS) is 9.88. The molecule has 0 unspecified atom stereocenters. The van der Waals surface area contributed by atoms with E-state index in [9.17, 15) is 4.79 Å². The molecule has 88 valence electrons. The van der Waals surface area contributed by atoms with Crippen molar-refractivity contribution in [1.29, 1.82) is 0 Å². The Labute approximate surface area is 95.3 Å². The number of rotatable bonds is 6. The van der Waals surface area contributed by atoms with E-state index in [1.165, 1.54) is 6.33 Å². The Bertz CT molecular complexity index is 342. The lowest BCUT2D eigenvalue weighted by atomic mass is 10.2. The Balaban J connectivity index is 2.47. The molecule has 5 nitrogen and oxygen atoms in total. The van der Waals surface area contributed by atoms with Crippen LogP contribution in [0.4, 0.5) is 5.82 Å². The van der Waals surface area contributed by atoms with Gasteiger partial charge in [0.05, 0.1) is 6.61 Å². The van der Waals surface area contributed by atoms with Gasteiger partial charge in [0.15, 0.2) is 0 Å². The van der Waals surface area contributed by atoms with E-state index in [-0.39, 0.29) is 12.5 Å². The number of hydrogen-bond acceptors (Lipinski definition) is 5. The summed E-state index contributed by atoms with van der Waals surface area (Å²) in [5.74, 6) is 0.379. The summed E-state index contributed by atoms with van der Waals surface area (Å²) in [4.78, 5) is 19.2. The standard InChI is InChI=1S/C11H17N3O2/c1-3-5-9-6-10(14-8-13-9)12-7-11(15)16-4-2/h6,8H,3-5,7H2,1-2H3,(H,12,13,14). The quantitative estimate of drug-likeness (QED) is 0.738. The van der Waals surface area contributed by atoms with Crippen molar-refractivity contribution in [3.05, 3.63) is 18.1 Å². The zero-order chi connectivity index (χ0) is 11.8. The lowest BCUT2D eigenvalue weighted by Gasteiger charge is -2.05. The van der Waals surface area contributed by atoms with Gasteiger partial charge in [-0.25, -0.2) is 9.97 Å². The Morgan fingerprint density at radius 1 is 1.44 bits per heavy atom.